The Balaban J connectivity index is 2.89. The summed E-state index contributed by atoms with van der Waals surface area (Å²) in [6.07, 6.45) is -7.46. The second-order valence-electron chi connectivity index (χ2n) is 3.43. The maximum atomic E-state index is 10.5. The van der Waals surface area contributed by atoms with Gasteiger partial charge in [0, 0.05) is 7.11 Å². The summed E-state index contributed by atoms with van der Waals surface area (Å²) >= 11 is 0. The molecule has 0 aromatic heterocycles. The second kappa shape index (κ2) is 5.54. The van der Waals surface area contributed by atoms with E-state index in [1.54, 1.807) is 0 Å². The lowest BCUT2D eigenvalue weighted by atomic mass is 9.99. The van der Waals surface area contributed by atoms with Gasteiger partial charge in [-0.2, -0.15) is 8.42 Å². The number of rotatable bonds is 4. The molecule has 1 rings (SSSR count). The molecule has 0 amide bonds. The van der Waals surface area contributed by atoms with E-state index in [9.17, 15) is 18.6 Å². The minimum atomic E-state index is -4.87. The van der Waals surface area contributed by atoms with E-state index >= 15 is 0 Å². The highest BCUT2D eigenvalue weighted by molar-refractivity contribution is 7.80. The van der Waals surface area contributed by atoms with Crippen molar-refractivity contribution in [3.05, 3.63) is 0 Å². The largest absolute Gasteiger partial charge is 0.397 e. The molecule has 0 aromatic carbocycles. The fourth-order valence-corrected chi connectivity index (χ4v) is 2.01. The summed E-state index contributed by atoms with van der Waals surface area (Å²) in [5.74, 6) is 0. The minimum absolute atomic E-state index is 0.640. The van der Waals surface area contributed by atoms with Gasteiger partial charge in [-0.25, -0.2) is 4.18 Å². The van der Waals surface area contributed by atoms with Crippen LogP contribution in [0.25, 0.3) is 0 Å². The van der Waals surface area contributed by atoms with Crippen LogP contribution in [0, 0.1) is 0 Å². The van der Waals surface area contributed by atoms with Crippen molar-refractivity contribution in [1.29, 1.82) is 0 Å². The Morgan fingerprint density at radius 2 is 1.88 bits per heavy atom. The van der Waals surface area contributed by atoms with Crippen molar-refractivity contribution in [2.75, 3.05) is 13.7 Å². The lowest BCUT2D eigenvalue weighted by molar-refractivity contribution is -0.290. The van der Waals surface area contributed by atoms with Gasteiger partial charge in [-0.3, -0.25) is 4.55 Å². The summed E-state index contributed by atoms with van der Waals surface area (Å²) in [6, 6.07) is 0. The van der Waals surface area contributed by atoms with Gasteiger partial charge in [0.2, 0.25) is 0 Å². The number of hydrogen-bond acceptors (Lipinski definition) is 8. The van der Waals surface area contributed by atoms with Gasteiger partial charge in [-0.05, 0) is 0 Å². The molecule has 0 saturated carbocycles. The molecule has 9 nitrogen and oxygen atoms in total. The molecule has 1 saturated heterocycles. The van der Waals surface area contributed by atoms with Crippen molar-refractivity contribution in [3.8, 4) is 0 Å². The van der Waals surface area contributed by atoms with Gasteiger partial charge in [-0.15, -0.1) is 0 Å². The van der Waals surface area contributed by atoms with Gasteiger partial charge in [0.1, 0.15) is 24.4 Å². The van der Waals surface area contributed by atoms with Gasteiger partial charge in [-0.1, -0.05) is 0 Å². The zero-order valence-electron chi connectivity index (χ0n) is 8.83. The molecule has 0 bridgehead atoms. The van der Waals surface area contributed by atoms with E-state index in [-0.39, 0.29) is 0 Å². The van der Waals surface area contributed by atoms with E-state index < -0.39 is 47.7 Å². The van der Waals surface area contributed by atoms with Gasteiger partial charge in [0.15, 0.2) is 6.29 Å². The lowest BCUT2D eigenvalue weighted by Crippen LogP contribution is -2.60. The Hall–Kier alpha value is -0.330. The van der Waals surface area contributed by atoms with Crippen LogP contribution < -0.4 is 0 Å². The highest BCUT2D eigenvalue weighted by atomic mass is 32.3. The maximum absolute atomic E-state index is 10.5. The first-order valence-corrected chi connectivity index (χ1v) is 5.97. The number of hydrogen-bond donors (Lipinski definition) is 4. The minimum Gasteiger partial charge on any atom is -0.394 e. The molecular weight excluding hydrogens is 260 g/mol. The lowest BCUT2D eigenvalue weighted by Gasteiger charge is -2.40. The van der Waals surface area contributed by atoms with Crippen LogP contribution in [0.1, 0.15) is 0 Å². The van der Waals surface area contributed by atoms with Crippen molar-refractivity contribution in [2.24, 2.45) is 0 Å². The monoisotopic (exact) mass is 274 g/mol. The van der Waals surface area contributed by atoms with Crippen molar-refractivity contribution in [3.63, 3.8) is 0 Å². The maximum Gasteiger partial charge on any atom is 0.397 e. The van der Waals surface area contributed by atoms with Crippen LogP contribution in [0.15, 0.2) is 0 Å². The zero-order chi connectivity index (χ0) is 13.2. The summed E-state index contributed by atoms with van der Waals surface area (Å²) in [4.78, 5) is 0. The quantitative estimate of drug-likeness (QED) is 0.401. The summed E-state index contributed by atoms with van der Waals surface area (Å²) in [5.41, 5.74) is 0. The van der Waals surface area contributed by atoms with Crippen LogP contribution in [0.5, 0.6) is 0 Å². The molecule has 102 valence electrons. The Kier molecular flexibility index (Phi) is 4.80. The summed E-state index contributed by atoms with van der Waals surface area (Å²) in [6.45, 7) is -0.640. The molecule has 1 heterocycles. The van der Waals surface area contributed by atoms with Gasteiger partial charge in [0.05, 0.1) is 6.61 Å². The molecule has 0 radical (unpaired) electrons. The number of ether oxygens (including phenoxy) is 2. The van der Waals surface area contributed by atoms with Crippen LogP contribution >= 0.6 is 0 Å². The molecular formula is C7H14O9S. The highest BCUT2D eigenvalue weighted by Crippen LogP contribution is 2.24. The smallest absolute Gasteiger partial charge is 0.394 e. The molecule has 1 aliphatic rings. The number of aliphatic hydroxyl groups is 3. The van der Waals surface area contributed by atoms with Crippen molar-refractivity contribution < 1.29 is 41.9 Å². The first-order valence-electron chi connectivity index (χ1n) is 4.61. The topological polar surface area (TPSA) is 143 Å². The van der Waals surface area contributed by atoms with Crippen molar-refractivity contribution >= 4 is 10.4 Å². The Morgan fingerprint density at radius 1 is 1.29 bits per heavy atom. The Bertz CT molecular complexity index is 325. The summed E-state index contributed by atoms with van der Waals surface area (Å²) in [7, 11) is -3.69. The molecule has 1 fully saturated rings. The molecule has 17 heavy (non-hydrogen) atoms. The number of methoxy groups -OCH3 is 1. The van der Waals surface area contributed by atoms with Crippen LogP contribution in [0.3, 0.4) is 0 Å². The standard InChI is InChI=1S/C7H14O9S/c1-14-7-5(10)6(16-17(11,12)13)4(9)3(2-8)15-7/h3-10H,2H2,1H3,(H,11,12,13)/t3-,4+,5-,6+,7+/m1/s1. The molecule has 0 spiro atoms. The average molecular weight is 274 g/mol. The first kappa shape index (κ1) is 14.7. The van der Waals surface area contributed by atoms with Gasteiger partial charge < -0.3 is 24.8 Å². The second-order valence-corrected chi connectivity index (χ2v) is 4.48. The van der Waals surface area contributed by atoms with Gasteiger partial charge in [0.25, 0.3) is 0 Å². The molecule has 0 unspecified atom stereocenters. The third-order valence-corrected chi connectivity index (χ3v) is 2.75. The number of aliphatic hydroxyl groups excluding tert-OH is 3. The van der Waals surface area contributed by atoms with Crippen LogP contribution in [-0.2, 0) is 24.1 Å². The van der Waals surface area contributed by atoms with Crippen molar-refractivity contribution in [2.45, 2.75) is 30.7 Å². The Labute approximate surface area is 97.5 Å². The summed E-state index contributed by atoms with van der Waals surface area (Å²) in [5, 5.41) is 28.0. The average Bonchev–Trinajstić information content (AvgIpc) is 2.23. The van der Waals surface area contributed by atoms with Crippen LogP contribution in [-0.4, -0.2) is 72.7 Å². The molecule has 4 N–H and O–H groups in total. The SMILES string of the molecule is CO[C@H]1O[C@H](CO)[C@H](O)[C@H](OS(=O)(=O)O)[C@H]1O. The van der Waals surface area contributed by atoms with Gasteiger partial charge >= 0.3 is 10.4 Å². The Morgan fingerprint density at radius 3 is 2.29 bits per heavy atom. The third-order valence-electron chi connectivity index (χ3n) is 2.29. The van der Waals surface area contributed by atoms with E-state index in [0.29, 0.717) is 0 Å². The predicted molar refractivity (Wildman–Crippen MR) is 51.2 cm³/mol. The first-order chi connectivity index (χ1) is 7.80. The van der Waals surface area contributed by atoms with E-state index in [4.69, 9.17) is 14.4 Å². The highest BCUT2D eigenvalue weighted by Gasteiger charge is 2.47. The van der Waals surface area contributed by atoms with Crippen LogP contribution in [0.4, 0.5) is 0 Å². The molecule has 1 aliphatic heterocycles. The summed E-state index contributed by atoms with van der Waals surface area (Å²) < 4.78 is 43.3. The van der Waals surface area contributed by atoms with Crippen molar-refractivity contribution in [1.82, 2.24) is 0 Å². The molecule has 0 aliphatic carbocycles. The predicted octanol–water partition coefficient (Wildman–Crippen LogP) is -2.74. The van der Waals surface area contributed by atoms with E-state index in [1.165, 1.54) is 7.11 Å². The van der Waals surface area contributed by atoms with Crippen LogP contribution in [0.2, 0.25) is 0 Å². The van der Waals surface area contributed by atoms with E-state index in [2.05, 4.69) is 8.92 Å². The molecule has 0 aromatic rings. The third kappa shape index (κ3) is 3.56. The van der Waals surface area contributed by atoms with E-state index in [1.807, 2.05) is 0 Å². The normalized spacial score (nSPS) is 39.2. The fourth-order valence-electron chi connectivity index (χ4n) is 1.50. The fraction of sp³-hybridized carbons (Fsp3) is 1.00. The molecule has 5 atom stereocenters. The zero-order valence-corrected chi connectivity index (χ0v) is 9.65. The molecule has 10 heteroatoms. The van der Waals surface area contributed by atoms with E-state index in [0.717, 1.165) is 0 Å².